The van der Waals surface area contributed by atoms with Crippen molar-refractivity contribution < 1.29 is 4.39 Å². The number of aryl methyl sites for hydroxylation is 1. The Morgan fingerprint density at radius 2 is 2.24 bits per heavy atom. The van der Waals surface area contributed by atoms with E-state index in [4.69, 9.17) is 0 Å². The van der Waals surface area contributed by atoms with Crippen LogP contribution in [0.3, 0.4) is 0 Å². The molecule has 1 aromatic heterocycles. The van der Waals surface area contributed by atoms with Crippen LogP contribution < -0.4 is 5.32 Å². The molecular weight excluding hydrogens is 217 g/mol. The van der Waals surface area contributed by atoms with E-state index in [1.165, 1.54) is 6.07 Å². The maximum absolute atomic E-state index is 13.2. The Morgan fingerprint density at radius 3 is 2.88 bits per heavy atom. The Balaban J connectivity index is 2.07. The molecule has 0 saturated carbocycles. The Labute approximate surface area is 99.7 Å². The molecule has 1 aliphatic rings. The van der Waals surface area contributed by atoms with Crippen LogP contribution in [0.4, 0.5) is 4.39 Å². The summed E-state index contributed by atoms with van der Waals surface area (Å²) in [7, 11) is 1.96. The summed E-state index contributed by atoms with van der Waals surface area (Å²) in [6.45, 7) is 4.31. The van der Waals surface area contributed by atoms with Crippen LogP contribution in [-0.2, 0) is 7.05 Å². The highest BCUT2D eigenvalue weighted by molar-refractivity contribution is 5.76. The SMILES string of the molecule is CC(c1nc2ccc(F)cc2n1C)C1CNC1. The first-order valence-corrected chi connectivity index (χ1v) is 5.99. The Bertz CT molecular complexity index is 557. The van der Waals surface area contributed by atoms with Gasteiger partial charge in [0, 0.05) is 13.0 Å². The minimum absolute atomic E-state index is 0.204. The average molecular weight is 233 g/mol. The summed E-state index contributed by atoms with van der Waals surface area (Å²) in [6, 6.07) is 4.77. The lowest BCUT2D eigenvalue weighted by Gasteiger charge is -2.32. The minimum atomic E-state index is -0.204. The average Bonchev–Trinajstić information content (AvgIpc) is 2.54. The third-order valence-corrected chi connectivity index (χ3v) is 3.80. The molecular formula is C13H16FN3. The van der Waals surface area contributed by atoms with Gasteiger partial charge < -0.3 is 9.88 Å². The molecule has 17 heavy (non-hydrogen) atoms. The van der Waals surface area contributed by atoms with Crippen molar-refractivity contribution in [1.82, 2.24) is 14.9 Å². The summed E-state index contributed by atoms with van der Waals surface area (Å²) >= 11 is 0. The molecule has 1 saturated heterocycles. The zero-order chi connectivity index (χ0) is 12.0. The molecule has 1 N–H and O–H groups in total. The molecule has 90 valence electrons. The van der Waals surface area contributed by atoms with Gasteiger partial charge in [0.1, 0.15) is 11.6 Å². The molecule has 3 rings (SSSR count). The van der Waals surface area contributed by atoms with Gasteiger partial charge in [-0.2, -0.15) is 0 Å². The van der Waals surface area contributed by atoms with Crippen molar-refractivity contribution in [2.45, 2.75) is 12.8 Å². The number of hydrogen-bond donors (Lipinski definition) is 1. The van der Waals surface area contributed by atoms with Gasteiger partial charge in [-0.1, -0.05) is 6.92 Å². The van der Waals surface area contributed by atoms with Crippen LogP contribution in [0.15, 0.2) is 18.2 Å². The molecule has 0 bridgehead atoms. The van der Waals surface area contributed by atoms with Gasteiger partial charge in [-0.25, -0.2) is 9.37 Å². The van der Waals surface area contributed by atoms with Crippen molar-refractivity contribution in [1.29, 1.82) is 0 Å². The van der Waals surface area contributed by atoms with Gasteiger partial charge in [0.25, 0.3) is 0 Å². The number of halogens is 1. The maximum Gasteiger partial charge on any atom is 0.125 e. The van der Waals surface area contributed by atoms with E-state index in [0.29, 0.717) is 11.8 Å². The number of benzene rings is 1. The van der Waals surface area contributed by atoms with Crippen LogP contribution in [0.25, 0.3) is 11.0 Å². The zero-order valence-corrected chi connectivity index (χ0v) is 10.1. The molecule has 0 aliphatic carbocycles. The third-order valence-electron chi connectivity index (χ3n) is 3.80. The molecule has 1 unspecified atom stereocenters. The van der Waals surface area contributed by atoms with Crippen LogP contribution >= 0.6 is 0 Å². The first-order chi connectivity index (χ1) is 8.16. The highest BCUT2D eigenvalue weighted by Crippen LogP contribution is 2.28. The number of rotatable bonds is 2. The summed E-state index contributed by atoms with van der Waals surface area (Å²) in [6.07, 6.45) is 0. The summed E-state index contributed by atoms with van der Waals surface area (Å²) in [5.41, 5.74) is 1.75. The molecule has 0 amide bonds. The minimum Gasteiger partial charge on any atom is -0.331 e. The number of nitrogens with zero attached hydrogens (tertiary/aromatic N) is 2. The van der Waals surface area contributed by atoms with E-state index in [9.17, 15) is 4.39 Å². The molecule has 2 aromatic rings. The van der Waals surface area contributed by atoms with Gasteiger partial charge in [-0.05, 0) is 37.2 Å². The van der Waals surface area contributed by atoms with E-state index in [2.05, 4.69) is 17.2 Å². The van der Waals surface area contributed by atoms with E-state index in [1.54, 1.807) is 12.1 Å². The van der Waals surface area contributed by atoms with E-state index < -0.39 is 0 Å². The number of hydrogen-bond acceptors (Lipinski definition) is 2. The smallest absolute Gasteiger partial charge is 0.125 e. The summed E-state index contributed by atoms with van der Waals surface area (Å²) in [5, 5.41) is 3.28. The summed E-state index contributed by atoms with van der Waals surface area (Å²) in [5.74, 6) is 1.91. The highest BCUT2D eigenvalue weighted by Gasteiger charge is 2.28. The van der Waals surface area contributed by atoms with Crippen LogP contribution in [0, 0.1) is 11.7 Å². The third kappa shape index (κ3) is 1.63. The maximum atomic E-state index is 13.2. The van der Waals surface area contributed by atoms with E-state index in [0.717, 1.165) is 29.9 Å². The van der Waals surface area contributed by atoms with Crippen molar-refractivity contribution in [3.8, 4) is 0 Å². The Morgan fingerprint density at radius 1 is 1.47 bits per heavy atom. The number of aromatic nitrogens is 2. The standard InChI is InChI=1S/C13H16FN3/c1-8(9-6-15-7-9)13-16-11-4-3-10(14)5-12(11)17(13)2/h3-5,8-9,15H,6-7H2,1-2H3. The van der Waals surface area contributed by atoms with Crippen LogP contribution in [0.5, 0.6) is 0 Å². The van der Waals surface area contributed by atoms with Gasteiger partial charge >= 0.3 is 0 Å². The number of fused-ring (bicyclic) bond motifs is 1. The summed E-state index contributed by atoms with van der Waals surface area (Å²) in [4.78, 5) is 4.62. The summed E-state index contributed by atoms with van der Waals surface area (Å²) < 4.78 is 15.2. The number of nitrogens with one attached hydrogen (secondary N) is 1. The van der Waals surface area contributed by atoms with Crippen molar-refractivity contribution in [3.63, 3.8) is 0 Å². The molecule has 0 spiro atoms. The van der Waals surface area contributed by atoms with Crippen LogP contribution in [0.2, 0.25) is 0 Å². The lowest BCUT2D eigenvalue weighted by Crippen LogP contribution is -2.45. The molecule has 2 heterocycles. The first-order valence-electron chi connectivity index (χ1n) is 5.99. The quantitative estimate of drug-likeness (QED) is 0.860. The van der Waals surface area contributed by atoms with Gasteiger partial charge in [0.05, 0.1) is 11.0 Å². The highest BCUT2D eigenvalue weighted by atomic mass is 19.1. The first kappa shape index (κ1) is 10.7. The molecule has 3 nitrogen and oxygen atoms in total. The molecule has 0 radical (unpaired) electrons. The fraction of sp³-hybridized carbons (Fsp3) is 0.462. The molecule has 1 atom stereocenters. The topological polar surface area (TPSA) is 29.9 Å². The predicted octanol–water partition coefficient (Wildman–Crippen LogP) is 2.04. The van der Waals surface area contributed by atoms with Crippen molar-refractivity contribution in [2.75, 3.05) is 13.1 Å². The second kappa shape index (κ2) is 3.81. The van der Waals surface area contributed by atoms with Crippen molar-refractivity contribution in [3.05, 3.63) is 29.8 Å². The molecule has 1 aliphatic heterocycles. The Hall–Kier alpha value is -1.42. The normalized spacial score (nSPS) is 18.3. The van der Waals surface area contributed by atoms with Gasteiger partial charge in [-0.15, -0.1) is 0 Å². The zero-order valence-electron chi connectivity index (χ0n) is 10.1. The van der Waals surface area contributed by atoms with E-state index >= 15 is 0 Å². The number of imidazole rings is 1. The van der Waals surface area contributed by atoms with Crippen LogP contribution in [0.1, 0.15) is 18.7 Å². The van der Waals surface area contributed by atoms with E-state index in [-0.39, 0.29) is 5.82 Å². The molecule has 1 fully saturated rings. The lowest BCUT2D eigenvalue weighted by atomic mass is 9.88. The van der Waals surface area contributed by atoms with Crippen LogP contribution in [-0.4, -0.2) is 22.6 Å². The largest absolute Gasteiger partial charge is 0.331 e. The predicted molar refractivity (Wildman–Crippen MR) is 65.4 cm³/mol. The Kier molecular flexibility index (Phi) is 2.40. The van der Waals surface area contributed by atoms with E-state index in [1.807, 2.05) is 11.6 Å². The van der Waals surface area contributed by atoms with Gasteiger partial charge in [0.15, 0.2) is 0 Å². The van der Waals surface area contributed by atoms with Gasteiger partial charge in [-0.3, -0.25) is 0 Å². The fourth-order valence-corrected chi connectivity index (χ4v) is 2.46. The van der Waals surface area contributed by atoms with Crippen molar-refractivity contribution in [2.24, 2.45) is 13.0 Å². The van der Waals surface area contributed by atoms with Crippen molar-refractivity contribution >= 4 is 11.0 Å². The molecule has 4 heteroatoms. The second-order valence-electron chi connectivity index (χ2n) is 4.87. The fourth-order valence-electron chi connectivity index (χ4n) is 2.46. The molecule has 1 aromatic carbocycles. The lowest BCUT2D eigenvalue weighted by molar-refractivity contribution is 0.293. The monoisotopic (exact) mass is 233 g/mol. The second-order valence-corrected chi connectivity index (χ2v) is 4.87. The van der Waals surface area contributed by atoms with Gasteiger partial charge in [0.2, 0.25) is 0 Å².